The zero-order valence-corrected chi connectivity index (χ0v) is 25.1. The van der Waals surface area contributed by atoms with Crippen LogP contribution in [0.15, 0.2) is 121 Å². The Bertz CT molecular complexity index is 1920. The number of hydrogen-bond acceptors (Lipinski definition) is 0. The lowest BCUT2D eigenvalue weighted by Gasteiger charge is -2.39. The molecule has 0 amide bonds. The van der Waals surface area contributed by atoms with Gasteiger partial charge in [-0.2, -0.15) is 0 Å². The Labute approximate surface area is 242 Å². The molecule has 2 nitrogen and oxygen atoms in total. The topological polar surface area (TPSA) is 9.86 Å². The van der Waals surface area contributed by atoms with E-state index in [1.807, 2.05) is 0 Å². The van der Waals surface area contributed by atoms with E-state index in [1.165, 1.54) is 66.6 Å². The summed E-state index contributed by atoms with van der Waals surface area (Å²) in [5.74, 6) is 0. The van der Waals surface area contributed by atoms with Gasteiger partial charge in [0, 0.05) is 34.6 Å². The Morgan fingerprint density at radius 1 is 0.512 bits per heavy atom. The first-order chi connectivity index (χ1) is 19.9. The highest BCUT2D eigenvalue weighted by molar-refractivity contribution is 6.81. The van der Waals surface area contributed by atoms with E-state index in [1.54, 1.807) is 0 Å². The van der Waals surface area contributed by atoms with Crippen LogP contribution in [0, 0.1) is 0 Å². The zero-order chi connectivity index (χ0) is 27.9. The summed E-state index contributed by atoms with van der Waals surface area (Å²) < 4.78 is 4.75. The van der Waals surface area contributed by atoms with E-state index < -0.39 is 8.07 Å². The molecule has 0 bridgehead atoms. The minimum absolute atomic E-state index is 0.467. The molecule has 0 aliphatic heterocycles. The zero-order valence-electron chi connectivity index (χ0n) is 24.1. The molecule has 0 N–H and O–H groups in total. The van der Waals surface area contributed by atoms with Crippen molar-refractivity contribution in [3.63, 3.8) is 0 Å². The third kappa shape index (κ3) is 3.49. The lowest BCUT2D eigenvalue weighted by atomic mass is 10.1. The molecule has 200 valence electrons. The van der Waals surface area contributed by atoms with Crippen LogP contribution >= 0.6 is 0 Å². The number of aromatic nitrogens is 2. The normalized spacial score (nSPS) is 18.0. The second-order valence-corrected chi connectivity index (χ2v) is 17.3. The van der Waals surface area contributed by atoms with Gasteiger partial charge < -0.3 is 9.13 Å². The number of fused-ring (bicyclic) bond motifs is 4. The smallest absolute Gasteiger partial charge is 0.0722 e. The van der Waals surface area contributed by atoms with E-state index in [0.717, 1.165) is 0 Å². The Kier molecular flexibility index (Phi) is 5.26. The molecular formula is C38H34N2Si. The number of hydrogen-bond donors (Lipinski definition) is 0. The number of benzene rings is 4. The summed E-state index contributed by atoms with van der Waals surface area (Å²) in [7, 11) is -1.94. The van der Waals surface area contributed by atoms with E-state index in [2.05, 4.69) is 158 Å². The Hall–Kier alpha value is -4.34. The standard InChI is InChI=1S/C38H34N2Si/c1-25-23-31-29(13-9-17-35(31)39-21-19-27-11-5-7-15-33(27)39)37(25)41(3,4)38-26(2)24-32-30(38)14-10-18-36(32)40-22-20-28-12-6-8-16-34(28)40/h5-24,37-38H,1-4H3/t37-,38+. The number of nitrogens with zero attached hydrogens (tertiary/aromatic N) is 2. The maximum atomic E-state index is 2.62. The van der Waals surface area contributed by atoms with Crippen molar-refractivity contribution in [1.29, 1.82) is 0 Å². The third-order valence-electron chi connectivity index (χ3n) is 9.72. The van der Waals surface area contributed by atoms with Crippen LogP contribution in [0.1, 0.15) is 47.2 Å². The van der Waals surface area contributed by atoms with Crippen LogP contribution in [0.2, 0.25) is 13.1 Å². The molecular weight excluding hydrogens is 513 g/mol. The molecule has 2 aromatic heterocycles. The van der Waals surface area contributed by atoms with Gasteiger partial charge in [0.15, 0.2) is 0 Å². The van der Waals surface area contributed by atoms with Gasteiger partial charge in [-0.3, -0.25) is 0 Å². The first-order valence-corrected chi connectivity index (χ1v) is 17.8. The van der Waals surface area contributed by atoms with Crippen molar-refractivity contribution in [3.8, 4) is 11.4 Å². The van der Waals surface area contributed by atoms with Crippen molar-refractivity contribution in [2.75, 3.05) is 0 Å². The molecule has 2 aliphatic carbocycles. The van der Waals surface area contributed by atoms with Gasteiger partial charge in [0.25, 0.3) is 0 Å². The molecule has 0 fully saturated rings. The second-order valence-electron chi connectivity index (χ2n) is 12.5. The van der Waals surface area contributed by atoms with Gasteiger partial charge in [-0.15, -0.1) is 0 Å². The van der Waals surface area contributed by atoms with Crippen molar-refractivity contribution in [2.24, 2.45) is 0 Å². The fourth-order valence-corrected chi connectivity index (χ4v) is 13.2. The summed E-state index contributed by atoms with van der Waals surface area (Å²) in [6, 6.07) is 35.7. The average Bonchev–Trinajstić information content (AvgIpc) is 3.74. The first kappa shape index (κ1) is 24.5. The van der Waals surface area contributed by atoms with Gasteiger partial charge in [0.2, 0.25) is 0 Å². The largest absolute Gasteiger partial charge is 0.316 e. The fraction of sp³-hybridized carbons (Fsp3) is 0.158. The molecule has 0 saturated carbocycles. The minimum atomic E-state index is -1.94. The monoisotopic (exact) mass is 546 g/mol. The number of allylic oxidation sites excluding steroid dienone is 2. The van der Waals surface area contributed by atoms with E-state index in [-0.39, 0.29) is 0 Å². The molecule has 2 heterocycles. The van der Waals surface area contributed by atoms with E-state index in [4.69, 9.17) is 0 Å². The third-order valence-corrected chi connectivity index (χ3v) is 14.2. The number of para-hydroxylation sites is 2. The highest BCUT2D eigenvalue weighted by Crippen LogP contribution is 2.53. The summed E-state index contributed by atoms with van der Waals surface area (Å²) in [4.78, 5) is 0. The van der Waals surface area contributed by atoms with Crippen molar-refractivity contribution in [1.82, 2.24) is 9.13 Å². The second kappa shape index (κ2) is 8.83. The van der Waals surface area contributed by atoms with E-state index in [0.29, 0.717) is 11.1 Å². The Morgan fingerprint density at radius 3 is 1.41 bits per heavy atom. The lowest BCUT2D eigenvalue weighted by molar-refractivity contribution is 0.964. The summed E-state index contributed by atoms with van der Waals surface area (Å²) in [6.45, 7) is 9.98. The molecule has 6 aromatic rings. The summed E-state index contributed by atoms with van der Waals surface area (Å²) >= 11 is 0. The maximum Gasteiger partial charge on any atom is 0.0722 e. The van der Waals surface area contributed by atoms with Gasteiger partial charge in [0.1, 0.15) is 0 Å². The SMILES string of the molecule is CC1=Cc2c(cccc2-n2ccc3ccccc32)[C@@H]1[Si](C)(C)[C@H]1C(C)=Cc2c1cccc2-n1ccc2ccccc21. The summed E-state index contributed by atoms with van der Waals surface area (Å²) in [5, 5.41) is 2.56. The molecule has 2 atom stereocenters. The molecule has 41 heavy (non-hydrogen) atoms. The van der Waals surface area contributed by atoms with E-state index in [9.17, 15) is 0 Å². The van der Waals surface area contributed by atoms with Crippen LogP contribution < -0.4 is 0 Å². The van der Waals surface area contributed by atoms with Gasteiger partial charge in [-0.25, -0.2) is 0 Å². The molecule has 2 aliphatic rings. The molecule has 0 radical (unpaired) electrons. The summed E-state index contributed by atoms with van der Waals surface area (Å²) in [6.07, 6.45) is 9.42. The quantitative estimate of drug-likeness (QED) is 0.195. The highest BCUT2D eigenvalue weighted by atomic mass is 28.3. The summed E-state index contributed by atoms with van der Waals surface area (Å²) in [5.41, 5.74) is 14.8. The van der Waals surface area contributed by atoms with Crippen LogP contribution in [0.4, 0.5) is 0 Å². The molecule has 3 heteroatoms. The van der Waals surface area contributed by atoms with Gasteiger partial charge in [0.05, 0.1) is 30.5 Å². The van der Waals surface area contributed by atoms with Crippen LogP contribution in [0.25, 0.3) is 45.3 Å². The maximum absolute atomic E-state index is 2.62. The lowest BCUT2D eigenvalue weighted by Crippen LogP contribution is -2.42. The molecule has 4 aromatic carbocycles. The first-order valence-electron chi connectivity index (χ1n) is 14.7. The van der Waals surface area contributed by atoms with E-state index >= 15 is 0 Å². The Morgan fingerprint density at radius 2 is 0.951 bits per heavy atom. The van der Waals surface area contributed by atoms with Crippen LogP contribution in [-0.4, -0.2) is 17.2 Å². The molecule has 0 saturated heterocycles. The van der Waals surface area contributed by atoms with Crippen molar-refractivity contribution >= 4 is 42.0 Å². The molecule has 0 spiro atoms. The van der Waals surface area contributed by atoms with Gasteiger partial charge >= 0.3 is 0 Å². The van der Waals surface area contributed by atoms with Gasteiger partial charge in [-0.1, -0.05) is 97.1 Å². The predicted octanol–water partition coefficient (Wildman–Crippen LogP) is 10.1. The average molecular weight is 547 g/mol. The van der Waals surface area contributed by atoms with Crippen molar-refractivity contribution in [2.45, 2.75) is 38.0 Å². The fourth-order valence-electron chi connectivity index (χ4n) is 8.22. The van der Waals surface area contributed by atoms with Crippen LogP contribution in [0.5, 0.6) is 0 Å². The molecule has 8 rings (SSSR count). The molecule has 0 unspecified atom stereocenters. The minimum Gasteiger partial charge on any atom is -0.316 e. The number of rotatable bonds is 4. The Balaban J connectivity index is 1.24. The van der Waals surface area contributed by atoms with Crippen LogP contribution in [0.3, 0.4) is 0 Å². The predicted molar refractivity (Wildman–Crippen MR) is 177 cm³/mol. The highest BCUT2D eigenvalue weighted by Gasteiger charge is 2.47. The van der Waals surface area contributed by atoms with Crippen molar-refractivity contribution < 1.29 is 0 Å². The van der Waals surface area contributed by atoms with Crippen LogP contribution in [-0.2, 0) is 0 Å². The van der Waals surface area contributed by atoms with Crippen molar-refractivity contribution in [3.05, 3.63) is 143 Å². The van der Waals surface area contributed by atoms with Gasteiger partial charge in [-0.05, 0) is 72.1 Å².